The summed E-state index contributed by atoms with van der Waals surface area (Å²) >= 11 is 0. The van der Waals surface area contributed by atoms with E-state index in [0.717, 1.165) is 11.8 Å². The van der Waals surface area contributed by atoms with Crippen LogP contribution in [0.25, 0.3) is 0 Å². The van der Waals surface area contributed by atoms with Crippen molar-refractivity contribution in [2.24, 2.45) is 11.8 Å². The van der Waals surface area contributed by atoms with E-state index in [1.807, 2.05) is 0 Å². The third-order valence-electron chi connectivity index (χ3n) is 6.47. The van der Waals surface area contributed by atoms with Gasteiger partial charge in [0.2, 0.25) is 0 Å². The van der Waals surface area contributed by atoms with Gasteiger partial charge < -0.3 is 0 Å². The molecule has 0 spiro atoms. The van der Waals surface area contributed by atoms with Gasteiger partial charge in [0, 0.05) is 0 Å². The molecule has 30 heavy (non-hydrogen) atoms. The quantitative estimate of drug-likeness (QED) is 0.399. The Labute approximate surface area is 188 Å². The van der Waals surface area contributed by atoms with E-state index in [2.05, 4.69) is 92.7 Å². The molecule has 0 saturated carbocycles. The Morgan fingerprint density at radius 1 is 0.600 bits per heavy atom. The predicted molar refractivity (Wildman–Crippen MR) is 138 cm³/mol. The summed E-state index contributed by atoms with van der Waals surface area (Å²) in [5.74, 6) is 1.48. The molecule has 0 aromatic carbocycles. The highest BCUT2D eigenvalue weighted by Gasteiger charge is 2.06. The zero-order valence-corrected chi connectivity index (χ0v) is 21.5. The summed E-state index contributed by atoms with van der Waals surface area (Å²) in [7, 11) is 0. The van der Waals surface area contributed by atoms with Crippen LogP contribution in [0, 0.1) is 11.8 Å². The summed E-state index contributed by atoms with van der Waals surface area (Å²) in [6.07, 6.45) is 20.3. The summed E-state index contributed by atoms with van der Waals surface area (Å²) in [5, 5.41) is 0. The van der Waals surface area contributed by atoms with Crippen molar-refractivity contribution in [2.45, 2.75) is 107 Å². The Morgan fingerprint density at radius 2 is 1.20 bits per heavy atom. The maximum absolute atomic E-state index is 2.38. The van der Waals surface area contributed by atoms with Crippen molar-refractivity contribution in [1.82, 2.24) is 0 Å². The average Bonchev–Trinajstić information content (AvgIpc) is 2.70. The fraction of sp³-hybridized carbons (Fsp3) is 0.600. The maximum atomic E-state index is 2.38. The zero-order valence-electron chi connectivity index (χ0n) is 21.5. The summed E-state index contributed by atoms with van der Waals surface area (Å²) in [4.78, 5) is 0. The highest BCUT2D eigenvalue weighted by Crippen LogP contribution is 2.25. The fourth-order valence-electron chi connectivity index (χ4n) is 3.76. The lowest BCUT2D eigenvalue weighted by molar-refractivity contribution is 0.700. The van der Waals surface area contributed by atoms with Gasteiger partial charge in [-0.3, -0.25) is 0 Å². The minimum absolute atomic E-state index is 0.740. The molecule has 0 heterocycles. The molecule has 0 unspecified atom stereocenters. The zero-order chi connectivity index (χ0) is 22.7. The minimum Gasteiger partial charge on any atom is -0.0815 e. The first kappa shape index (κ1) is 26.5. The molecule has 0 N–H and O–H groups in total. The third-order valence-corrected chi connectivity index (χ3v) is 6.47. The molecular formula is C30H48. The number of rotatable bonds is 2. The van der Waals surface area contributed by atoms with Gasteiger partial charge in [-0.15, -0.1) is 0 Å². The Morgan fingerprint density at radius 3 is 1.60 bits per heavy atom. The van der Waals surface area contributed by atoms with E-state index in [1.165, 1.54) is 61.7 Å². The van der Waals surface area contributed by atoms with Crippen LogP contribution in [0.5, 0.6) is 0 Å². The lowest BCUT2D eigenvalue weighted by atomic mass is 9.92. The van der Waals surface area contributed by atoms with Gasteiger partial charge in [0.15, 0.2) is 0 Å². The number of hydrogen-bond acceptors (Lipinski definition) is 0. The van der Waals surface area contributed by atoms with Crippen LogP contribution < -0.4 is 0 Å². The standard InChI is InChI=1S/3C10H16/c3*1-8(2)10-6-4-9(3)5-7-10/h4H,5-7H2,1-3H3;4,7-8H,5-6H2,1-3H3;4,6,8H,5,7H2,1-3H3. The Kier molecular flexibility index (Phi) is 12.1. The molecule has 0 saturated heterocycles. The summed E-state index contributed by atoms with van der Waals surface area (Å²) in [6, 6.07) is 0. The normalized spacial score (nSPS) is 18.8. The second-order valence-electron chi connectivity index (χ2n) is 10.2. The lowest BCUT2D eigenvalue weighted by Gasteiger charge is -2.14. The molecule has 3 rings (SSSR count). The van der Waals surface area contributed by atoms with Crippen LogP contribution in [0.15, 0.2) is 69.4 Å². The topological polar surface area (TPSA) is 0 Å². The molecule has 0 aromatic heterocycles. The van der Waals surface area contributed by atoms with E-state index in [-0.39, 0.29) is 0 Å². The second kappa shape index (κ2) is 13.7. The highest BCUT2D eigenvalue weighted by atomic mass is 14.1. The van der Waals surface area contributed by atoms with Crippen LogP contribution in [0.1, 0.15) is 107 Å². The largest absolute Gasteiger partial charge is 0.0815 e. The van der Waals surface area contributed by atoms with Crippen molar-refractivity contribution >= 4 is 0 Å². The monoisotopic (exact) mass is 408 g/mol. The summed E-state index contributed by atoms with van der Waals surface area (Å²) < 4.78 is 0. The third kappa shape index (κ3) is 10.5. The summed E-state index contributed by atoms with van der Waals surface area (Å²) in [5.41, 5.74) is 11.0. The van der Waals surface area contributed by atoms with E-state index >= 15 is 0 Å². The first-order chi connectivity index (χ1) is 14.1. The first-order valence-electron chi connectivity index (χ1n) is 12.1. The van der Waals surface area contributed by atoms with Crippen LogP contribution in [0.2, 0.25) is 0 Å². The number of hydrogen-bond donors (Lipinski definition) is 0. The Hall–Kier alpha value is -1.56. The van der Waals surface area contributed by atoms with E-state index in [4.69, 9.17) is 0 Å². The van der Waals surface area contributed by atoms with Crippen molar-refractivity contribution in [2.75, 3.05) is 0 Å². The molecule has 0 amide bonds. The van der Waals surface area contributed by atoms with Gasteiger partial charge >= 0.3 is 0 Å². The maximum Gasteiger partial charge on any atom is -0.0133 e. The molecule has 168 valence electrons. The van der Waals surface area contributed by atoms with Crippen molar-refractivity contribution in [3.05, 3.63) is 69.4 Å². The van der Waals surface area contributed by atoms with Crippen LogP contribution in [0.3, 0.4) is 0 Å². The fourth-order valence-corrected chi connectivity index (χ4v) is 3.76. The second-order valence-corrected chi connectivity index (χ2v) is 10.2. The SMILES string of the molecule is CC1=CC=C(C(C)C)CC1.CC1=CCC(=C(C)C)CC1.CC1=CCC(C(C)C)=CC1. The molecule has 0 aromatic rings. The smallest absolute Gasteiger partial charge is 0.0133 e. The molecule has 0 radical (unpaired) electrons. The average molecular weight is 409 g/mol. The van der Waals surface area contributed by atoms with Gasteiger partial charge in [0.05, 0.1) is 0 Å². The highest BCUT2D eigenvalue weighted by molar-refractivity contribution is 5.24. The van der Waals surface area contributed by atoms with E-state index in [0.29, 0.717) is 0 Å². The molecule has 0 atom stereocenters. The van der Waals surface area contributed by atoms with Gasteiger partial charge in [-0.1, -0.05) is 97.1 Å². The van der Waals surface area contributed by atoms with Crippen LogP contribution in [-0.4, -0.2) is 0 Å². The molecule has 0 fully saturated rings. The van der Waals surface area contributed by atoms with Crippen LogP contribution in [0.4, 0.5) is 0 Å². The van der Waals surface area contributed by atoms with Crippen molar-refractivity contribution < 1.29 is 0 Å². The van der Waals surface area contributed by atoms with Crippen LogP contribution in [-0.2, 0) is 0 Å². The van der Waals surface area contributed by atoms with E-state index in [1.54, 1.807) is 22.3 Å². The molecule has 0 bridgehead atoms. The van der Waals surface area contributed by atoms with Crippen LogP contribution >= 0.6 is 0 Å². The Balaban J connectivity index is 0.000000225. The molecule has 3 aliphatic carbocycles. The molecule has 0 nitrogen and oxygen atoms in total. The molecule has 3 aliphatic rings. The molecule has 0 aliphatic heterocycles. The molecular weight excluding hydrogens is 360 g/mol. The van der Waals surface area contributed by atoms with E-state index in [9.17, 15) is 0 Å². The van der Waals surface area contributed by atoms with Gasteiger partial charge in [-0.05, 0) is 91.4 Å². The van der Waals surface area contributed by atoms with E-state index < -0.39 is 0 Å². The summed E-state index contributed by atoms with van der Waals surface area (Å²) in [6.45, 7) is 20.1. The van der Waals surface area contributed by atoms with Crippen molar-refractivity contribution in [3.63, 3.8) is 0 Å². The van der Waals surface area contributed by atoms with Gasteiger partial charge in [0.25, 0.3) is 0 Å². The first-order valence-corrected chi connectivity index (χ1v) is 12.1. The number of allylic oxidation sites excluding steroid dienone is 12. The molecule has 0 heteroatoms. The van der Waals surface area contributed by atoms with Gasteiger partial charge in [-0.25, -0.2) is 0 Å². The van der Waals surface area contributed by atoms with Gasteiger partial charge in [-0.2, -0.15) is 0 Å². The van der Waals surface area contributed by atoms with Crippen molar-refractivity contribution in [1.29, 1.82) is 0 Å². The predicted octanol–water partition coefficient (Wildman–Crippen LogP) is 10.1. The van der Waals surface area contributed by atoms with Gasteiger partial charge in [0.1, 0.15) is 0 Å². The minimum atomic E-state index is 0.740. The lowest BCUT2D eigenvalue weighted by Crippen LogP contribution is -1.97. The van der Waals surface area contributed by atoms with Crippen molar-refractivity contribution in [3.8, 4) is 0 Å². The Bertz CT molecular complexity index is 722.